The molecule has 2 heterocycles. The molecule has 3 fully saturated rings. The third-order valence-electron chi connectivity index (χ3n) is 12.1. The van der Waals surface area contributed by atoms with Crippen molar-refractivity contribution in [2.24, 2.45) is 23.7 Å². The van der Waals surface area contributed by atoms with Crippen LogP contribution in [-0.2, 0) is 24.6 Å². The molecule has 8 rings (SSSR count). The van der Waals surface area contributed by atoms with Crippen LogP contribution in [0.25, 0.3) is 0 Å². The molecule has 0 bridgehead atoms. The van der Waals surface area contributed by atoms with Gasteiger partial charge in [0.15, 0.2) is 5.69 Å². The van der Waals surface area contributed by atoms with Crippen molar-refractivity contribution < 1.29 is 38.9 Å². The molecule has 0 spiro atoms. The fourth-order valence-electron chi connectivity index (χ4n) is 9.69. The summed E-state index contributed by atoms with van der Waals surface area (Å²) in [6.45, 7) is 1.90. The molecule has 2 saturated heterocycles. The number of methoxy groups -OCH3 is 1. The normalized spacial score (nSPS) is 24.8. The van der Waals surface area contributed by atoms with Gasteiger partial charge in [0.05, 0.1) is 51.5 Å². The van der Waals surface area contributed by atoms with Gasteiger partial charge >= 0.3 is 11.4 Å². The van der Waals surface area contributed by atoms with E-state index in [1.54, 1.807) is 60.7 Å². The number of carbonyl (C=O) groups excluding carboxylic acids is 4. The number of phenolic OH excluding ortho intramolecular Hbond substituents is 1. The minimum Gasteiger partial charge on any atom is -0.508 e. The lowest BCUT2D eigenvalue weighted by Crippen LogP contribution is -2.53. The highest BCUT2D eigenvalue weighted by molar-refractivity contribution is 6.23. The molecule has 16 heteroatoms. The quantitative estimate of drug-likeness (QED) is 0.0897. The summed E-state index contributed by atoms with van der Waals surface area (Å²) in [7, 11) is 4.27. The molecule has 0 radical (unpaired) electrons. The summed E-state index contributed by atoms with van der Waals surface area (Å²) in [5.74, 6) is -7.60. The lowest BCUT2D eigenvalue weighted by atomic mass is 9.49. The number of nitrogens with one attached hydrogen (secondary N) is 1. The van der Waals surface area contributed by atoms with E-state index in [0.717, 1.165) is 27.6 Å². The van der Waals surface area contributed by atoms with Crippen molar-refractivity contribution in [2.75, 3.05) is 36.4 Å². The summed E-state index contributed by atoms with van der Waals surface area (Å²) in [6.07, 6.45) is 1.73. The van der Waals surface area contributed by atoms with Crippen LogP contribution in [0.1, 0.15) is 35.4 Å². The molecule has 296 valence electrons. The van der Waals surface area contributed by atoms with Gasteiger partial charge in [0, 0.05) is 37.7 Å². The predicted molar refractivity (Wildman–Crippen MR) is 210 cm³/mol. The van der Waals surface area contributed by atoms with Crippen molar-refractivity contribution >= 4 is 52.1 Å². The largest absolute Gasteiger partial charge is 0.508 e. The van der Waals surface area contributed by atoms with E-state index in [0.29, 0.717) is 22.6 Å². The zero-order valence-corrected chi connectivity index (χ0v) is 31.8. The number of anilines is 3. The Morgan fingerprint density at radius 1 is 0.862 bits per heavy atom. The number of aryl methyl sites for hydroxylation is 1. The summed E-state index contributed by atoms with van der Waals surface area (Å²) < 4.78 is 5.57. The monoisotopic (exact) mass is 786 g/mol. The molecule has 4 aromatic carbocycles. The number of benzene rings is 4. The van der Waals surface area contributed by atoms with E-state index in [2.05, 4.69) is 5.43 Å². The maximum absolute atomic E-state index is 15.4. The molecular formula is C42H38N6O10. The van der Waals surface area contributed by atoms with Crippen molar-refractivity contribution in [3.8, 4) is 11.5 Å². The van der Waals surface area contributed by atoms with Gasteiger partial charge in [-0.05, 0) is 61.6 Å². The minimum absolute atomic E-state index is 0.00176. The maximum Gasteiger partial charge on any atom is 0.301 e. The van der Waals surface area contributed by atoms with E-state index in [9.17, 15) is 39.7 Å². The zero-order valence-electron chi connectivity index (χ0n) is 31.8. The zero-order chi connectivity index (χ0) is 41.4. The summed E-state index contributed by atoms with van der Waals surface area (Å²) in [4.78, 5) is 84.3. The van der Waals surface area contributed by atoms with Gasteiger partial charge in [-0.15, -0.1) is 0 Å². The fraction of sp³-hybridized carbons (Fsp3) is 0.286. The number of nitrogens with zero attached hydrogens (tertiary/aromatic N) is 5. The van der Waals surface area contributed by atoms with Crippen molar-refractivity contribution in [1.29, 1.82) is 0 Å². The predicted octanol–water partition coefficient (Wildman–Crippen LogP) is 5.78. The van der Waals surface area contributed by atoms with Crippen LogP contribution >= 0.6 is 0 Å². The summed E-state index contributed by atoms with van der Waals surface area (Å²) in [5, 5.41) is 37.1. The van der Waals surface area contributed by atoms with Crippen molar-refractivity contribution in [3.63, 3.8) is 0 Å². The van der Waals surface area contributed by atoms with Gasteiger partial charge in [0.25, 0.3) is 11.8 Å². The maximum atomic E-state index is 15.4. The van der Waals surface area contributed by atoms with Gasteiger partial charge in [-0.1, -0.05) is 59.7 Å². The van der Waals surface area contributed by atoms with E-state index in [-0.39, 0.29) is 35.5 Å². The Kier molecular flexibility index (Phi) is 9.01. The van der Waals surface area contributed by atoms with Crippen molar-refractivity contribution in [2.45, 2.75) is 31.1 Å². The number of hydrogen-bond acceptors (Lipinski definition) is 12. The van der Waals surface area contributed by atoms with E-state index in [1.807, 2.05) is 19.1 Å². The van der Waals surface area contributed by atoms with Crippen molar-refractivity contribution in [3.05, 3.63) is 133 Å². The molecular weight excluding hydrogens is 748 g/mol. The number of allylic oxidation sites excluding steroid dienone is 2. The van der Waals surface area contributed by atoms with E-state index in [1.165, 1.54) is 32.2 Å². The average Bonchev–Trinajstić information content (AvgIpc) is 3.59. The first-order valence-electron chi connectivity index (χ1n) is 18.6. The molecule has 16 nitrogen and oxygen atoms in total. The number of imide groups is 2. The number of fused-ring (bicyclic) bond motifs is 4. The SMILES string of the molecule is COc1ccc(O)c(C2C3=CCC4C(=O)N(c5cc([N+](=O)[O-])c(N(C)C)c([N+](=O)[O-])c5)C(=O)C4C3CC3C(=O)N(Nc4ccc(C)cc4)C(=O)C32c2ccccc2)c1. The molecule has 58 heavy (non-hydrogen) atoms. The van der Waals surface area contributed by atoms with Gasteiger partial charge < -0.3 is 14.7 Å². The summed E-state index contributed by atoms with van der Waals surface area (Å²) in [6, 6.07) is 22.5. The second-order valence-electron chi connectivity index (χ2n) is 15.3. The smallest absolute Gasteiger partial charge is 0.301 e. The van der Waals surface area contributed by atoms with E-state index < -0.39 is 79.9 Å². The molecule has 2 aliphatic carbocycles. The molecule has 4 amide bonds. The highest BCUT2D eigenvalue weighted by Crippen LogP contribution is 2.65. The summed E-state index contributed by atoms with van der Waals surface area (Å²) in [5.41, 5.74) is 2.13. The number of hydrazine groups is 1. The first kappa shape index (κ1) is 37.8. The Morgan fingerprint density at radius 2 is 1.52 bits per heavy atom. The van der Waals surface area contributed by atoms with Crippen LogP contribution in [-0.4, -0.2) is 64.8 Å². The fourth-order valence-corrected chi connectivity index (χ4v) is 9.69. The van der Waals surface area contributed by atoms with Crippen LogP contribution in [0.3, 0.4) is 0 Å². The Bertz CT molecular complexity index is 2430. The molecule has 4 aliphatic rings. The van der Waals surface area contributed by atoms with Crippen LogP contribution in [0.2, 0.25) is 0 Å². The third-order valence-corrected chi connectivity index (χ3v) is 12.1. The number of ether oxygens (including phenoxy) is 1. The molecule has 4 aromatic rings. The highest BCUT2D eigenvalue weighted by atomic mass is 16.6. The van der Waals surface area contributed by atoms with Gasteiger partial charge in [-0.2, -0.15) is 5.01 Å². The second-order valence-corrected chi connectivity index (χ2v) is 15.3. The molecule has 2 aliphatic heterocycles. The van der Waals surface area contributed by atoms with Gasteiger partial charge in [-0.3, -0.25) is 44.8 Å². The second kappa shape index (κ2) is 13.8. The topological polar surface area (TPSA) is 206 Å². The number of phenols is 1. The molecule has 6 atom stereocenters. The standard InChI is InChI=1S/C42H38N6O10/c1-22-10-12-24(13-11-22)43-46-39(51)31-21-29-27(36(30-20-26(58-4)14-17-34(30)49)42(31,41(46)53)23-8-6-5-7-9-23)15-16-28-35(29)40(52)45(38(28)50)25-18-32(47(54)55)37(44(2)3)33(19-25)48(56)57/h5-15,17-20,28-29,31,35-36,43,49H,16,21H2,1-4H3. The van der Waals surface area contributed by atoms with Crippen LogP contribution in [0.4, 0.5) is 28.4 Å². The Balaban J connectivity index is 1.32. The number of rotatable bonds is 9. The number of aromatic hydroxyl groups is 1. The third kappa shape index (κ3) is 5.49. The number of hydrogen-bond donors (Lipinski definition) is 2. The van der Waals surface area contributed by atoms with E-state index in [4.69, 9.17) is 4.74 Å². The molecule has 2 N–H and O–H groups in total. The van der Waals surface area contributed by atoms with Crippen LogP contribution < -0.4 is 20.0 Å². The van der Waals surface area contributed by atoms with Crippen LogP contribution in [0, 0.1) is 50.8 Å². The van der Waals surface area contributed by atoms with Crippen molar-refractivity contribution in [1.82, 2.24) is 5.01 Å². The van der Waals surface area contributed by atoms with Gasteiger partial charge in [0.2, 0.25) is 11.8 Å². The first-order chi connectivity index (χ1) is 27.7. The summed E-state index contributed by atoms with van der Waals surface area (Å²) >= 11 is 0. The highest BCUT2D eigenvalue weighted by Gasteiger charge is 2.70. The van der Waals surface area contributed by atoms with Gasteiger partial charge in [-0.25, -0.2) is 4.90 Å². The molecule has 1 saturated carbocycles. The number of carbonyl (C=O) groups is 4. The van der Waals surface area contributed by atoms with Crippen LogP contribution in [0.15, 0.2) is 96.6 Å². The van der Waals surface area contributed by atoms with Gasteiger partial charge in [0.1, 0.15) is 11.5 Å². The number of nitro groups is 2. The lowest BCUT2D eigenvalue weighted by Gasteiger charge is -2.50. The Hall–Kier alpha value is -7.10. The lowest BCUT2D eigenvalue weighted by molar-refractivity contribution is -0.392. The van der Waals surface area contributed by atoms with Crippen LogP contribution in [0.5, 0.6) is 11.5 Å². The molecule has 0 aromatic heterocycles. The first-order valence-corrected chi connectivity index (χ1v) is 18.6. The minimum atomic E-state index is -1.66. The average molecular weight is 787 g/mol. The van der Waals surface area contributed by atoms with E-state index >= 15 is 4.79 Å². The number of nitro benzene ring substituents is 2. The Labute approximate surface area is 331 Å². The Morgan fingerprint density at radius 3 is 2.12 bits per heavy atom. The number of amides is 4. The molecule has 6 unspecified atom stereocenters.